The molecule has 0 radical (unpaired) electrons. The van der Waals surface area contributed by atoms with Crippen LogP contribution in [0.25, 0.3) is 10.8 Å². The normalized spacial score (nSPS) is 19.0. The van der Waals surface area contributed by atoms with Crippen molar-refractivity contribution in [3.63, 3.8) is 0 Å². The molecule has 0 saturated carbocycles. The lowest BCUT2D eigenvalue weighted by molar-refractivity contribution is -0.160. The highest BCUT2D eigenvalue weighted by molar-refractivity contribution is 5.99. The number of imide groups is 1. The van der Waals surface area contributed by atoms with Gasteiger partial charge in [0.15, 0.2) is 0 Å². The summed E-state index contributed by atoms with van der Waals surface area (Å²) in [5, 5.41) is 2.25. The fourth-order valence-corrected chi connectivity index (χ4v) is 2.89. The van der Waals surface area contributed by atoms with Gasteiger partial charge in [-0.25, -0.2) is 10.4 Å². The Labute approximate surface area is 147 Å². The number of hydrogen-bond donors (Lipinski definition) is 1. The predicted molar refractivity (Wildman–Crippen MR) is 88.4 cm³/mol. The molecule has 5 nitrogen and oxygen atoms in total. The van der Waals surface area contributed by atoms with E-state index in [1.165, 1.54) is 0 Å². The van der Waals surface area contributed by atoms with Crippen molar-refractivity contribution in [2.45, 2.75) is 31.5 Å². The Balaban J connectivity index is 1.82. The van der Waals surface area contributed by atoms with Gasteiger partial charge >= 0.3 is 6.18 Å². The van der Waals surface area contributed by atoms with Crippen molar-refractivity contribution in [1.82, 2.24) is 10.4 Å². The van der Waals surface area contributed by atoms with Gasteiger partial charge < -0.3 is 4.74 Å². The molecule has 2 amide bonds. The summed E-state index contributed by atoms with van der Waals surface area (Å²) in [6.07, 6.45) is -5.37. The lowest BCUT2D eigenvalue weighted by Gasteiger charge is -2.21. The molecule has 8 heteroatoms. The van der Waals surface area contributed by atoms with Gasteiger partial charge in [0, 0.05) is 0 Å². The second-order valence-corrected chi connectivity index (χ2v) is 6.19. The van der Waals surface area contributed by atoms with Crippen molar-refractivity contribution in [3.05, 3.63) is 42.0 Å². The van der Waals surface area contributed by atoms with Gasteiger partial charge in [-0.05, 0) is 35.4 Å². The second-order valence-electron chi connectivity index (χ2n) is 6.19. The molecule has 1 saturated heterocycles. The molecule has 1 N–H and O–H groups in total. The molecule has 3 rings (SSSR count). The molecule has 0 bridgehead atoms. The van der Waals surface area contributed by atoms with Crippen LogP contribution in [0.4, 0.5) is 13.2 Å². The highest BCUT2D eigenvalue weighted by Gasteiger charge is 2.49. The average Bonchev–Trinajstić information content (AvgIpc) is 3.01. The number of hydrazine groups is 1. The average molecular weight is 366 g/mol. The zero-order valence-electron chi connectivity index (χ0n) is 14.1. The largest absolute Gasteiger partial charge is 0.497 e. The summed E-state index contributed by atoms with van der Waals surface area (Å²) in [6.45, 7) is 1.56. The first-order valence-corrected chi connectivity index (χ1v) is 7.98. The molecule has 0 spiro atoms. The van der Waals surface area contributed by atoms with E-state index in [0.29, 0.717) is 16.3 Å². The molecular formula is C18H17F3N2O3. The van der Waals surface area contributed by atoms with Crippen molar-refractivity contribution >= 4 is 22.6 Å². The first-order valence-electron chi connectivity index (χ1n) is 7.98. The molecule has 138 valence electrons. The molecule has 0 aromatic heterocycles. The SMILES string of the molecule is COc1ccc2cc([C@H](C)C(=O)N3N[C@H](C(F)(F)F)CC3=O)ccc2c1. The standard InChI is InChI=1S/C18H17F3N2O3/c1-10(17(25)23-16(24)9-15(22-23)18(19,20)21)11-3-4-13-8-14(26-2)6-5-12(13)7-11/h3-8,10,15,22H,9H2,1-2H3/t10-,15-/m0/s1. The zero-order chi connectivity index (χ0) is 19.1. The van der Waals surface area contributed by atoms with Crippen LogP contribution in [0.1, 0.15) is 24.8 Å². The molecule has 2 aromatic carbocycles. The Hall–Kier alpha value is -2.61. The van der Waals surface area contributed by atoms with E-state index in [-0.39, 0.29) is 0 Å². The van der Waals surface area contributed by atoms with Gasteiger partial charge in [-0.3, -0.25) is 9.59 Å². The van der Waals surface area contributed by atoms with E-state index in [1.54, 1.807) is 38.3 Å². The summed E-state index contributed by atoms with van der Waals surface area (Å²) in [5.74, 6) is -1.67. The summed E-state index contributed by atoms with van der Waals surface area (Å²) in [4.78, 5) is 24.3. The van der Waals surface area contributed by atoms with E-state index in [2.05, 4.69) is 0 Å². The molecule has 1 aliphatic rings. The second kappa shape index (κ2) is 6.60. The molecule has 0 aliphatic carbocycles. The molecular weight excluding hydrogens is 349 g/mol. The van der Waals surface area contributed by atoms with Crippen LogP contribution in [0.3, 0.4) is 0 Å². The van der Waals surface area contributed by atoms with Crippen molar-refractivity contribution in [2.75, 3.05) is 7.11 Å². The Morgan fingerprint density at radius 3 is 2.50 bits per heavy atom. The topological polar surface area (TPSA) is 58.6 Å². The van der Waals surface area contributed by atoms with Gasteiger partial charge in [-0.1, -0.05) is 24.3 Å². The predicted octanol–water partition coefficient (Wildman–Crippen LogP) is 3.15. The van der Waals surface area contributed by atoms with E-state index < -0.39 is 36.4 Å². The number of methoxy groups -OCH3 is 1. The number of hydrogen-bond acceptors (Lipinski definition) is 4. The third-order valence-electron chi connectivity index (χ3n) is 4.47. The molecule has 2 atom stereocenters. The first kappa shape index (κ1) is 18.2. The third-order valence-corrected chi connectivity index (χ3v) is 4.47. The van der Waals surface area contributed by atoms with E-state index in [0.717, 1.165) is 10.8 Å². The number of halogens is 3. The van der Waals surface area contributed by atoms with E-state index in [4.69, 9.17) is 4.74 Å². The Kier molecular flexibility index (Phi) is 4.62. The Bertz CT molecular complexity index is 866. The highest BCUT2D eigenvalue weighted by Crippen LogP contribution is 2.30. The molecule has 0 unspecified atom stereocenters. The maximum absolute atomic E-state index is 12.8. The van der Waals surface area contributed by atoms with Gasteiger partial charge in [0.05, 0.1) is 19.4 Å². The summed E-state index contributed by atoms with van der Waals surface area (Å²) >= 11 is 0. The van der Waals surface area contributed by atoms with Crippen LogP contribution in [0.5, 0.6) is 5.75 Å². The number of benzene rings is 2. The van der Waals surface area contributed by atoms with Crippen LogP contribution in [-0.4, -0.2) is 36.2 Å². The third kappa shape index (κ3) is 3.37. The van der Waals surface area contributed by atoms with Crippen molar-refractivity contribution in [3.8, 4) is 5.75 Å². The van der Waals surface area contributed by atoms with Gasteiger partial charge in [-0.15, -0.1) is 0 Å². The van der Waals surface area contributed by atoms with Gasteiger partial charge in [-0.2, -0.15) is 13.2 Å². The minimum Gasteiger partial charge on any atom is -0.497 e. The number of rotatable bonds is 3. The number of alkyl halides is 3. The minimum absolute atomic E-state index is 0.487. The Morgan fingerprint density at radius 2 is 1.88 bits per heavy atom. The first-order chi connectivity index (χ1) is 12.2. The number of amides is 2. The van der Waals surface area contributed by atoms with Crippen LogP contribution >= 0.6 is 0 Å². The van der Waals surface area contributed by atoms with Crippen molar-refractivity contribution in [1.29, 1.82) is 0 Å². The summed E-state index contributed by atoms with van der Waals surface area (Å²) in [7, 11) is 1.56. The number of ether oxygens (including phenoxy) is 1. The van der Waals surface area contributed by atoms with E-state index >= 15 is 0 Å². The van der Waals surface area contributed by atoms with Crippen molar-refractivity contribution < 1.29 is 27.5 Å². The Morgan fingerprint density at radius 1 is 1.23 bits per heavy atom. The number of nitrogens with one attached hydrogen (secondary N) is 1. The fraction of sp³-hybridized carbons (Fsp3) is 0.333. The molecule has 1 aliphatic heterocycles. The number of nitrogens with zero attached hydrogens (tertiary/aromatic N) is 1. The highest BCUT2D eigenvalue weighted by atomic mass is 19.4. The van der Waals surface area contributed by atoms with Gasteiger partial charge in [0.1, 0.15) is 11.8 Å². The fourth-order valence-electron chi connectivity index (χ4n) is 2.89. The summed E-state index contributed by atoms with van der Waals surface area (Å²) < 4.78 is 43.5. The molecule has 26 heavy (non-hydrogen) atoms. The monoisotopic (exact) mass is 366 g/mol. The maximum atomic E-state index is 12.8. The lowest BCUT2D eigenvalue weighted by atomic mass is 9.97. The van der Waals surface area contributed by atoms with Crippen LogP contribution < -0.4 is 10.2 Å². The van der Waals surface area contributed by atoms with Crippen LogP contribution in [0.2, 0.25) is 0 Å². The number of carbonyl (C=O) groups excluding carboxylic acids is 2. The summed E-state index contributed by atoms with van der Waals surface area (Å²) in [5.41, 5.74) is 2.59. The molecule has 1 fully saturated rings. The smallest absolute Gasteiger partial charge is 0.406 e. The van der Waals surface area contributed by atoms with E-state index in [1.807, 2.05) is 17.6 Å². The molecule has 2 aromatic rings. The zero-order valence-corrected chi connectivity index (χ0v) is 14.1. The minimum atomic E-state index is -4.59. The van der Waals surface area contributed by atoms with Gasteiger partial charge in [0.25, 0.3) is 5.91 Å². The van der Waals surface area contributed by atoms with Crippen LogP contribution in [0, 0.1) is 0 Å². The number of carbonyl (C=O) groups is 2. The quantitative estimate of drug-likeness (QED) is 0.907. The summed E-state index contributed by atoms with van der Waals surface area (Å²) in [6, 6.07) is 8.70. The van der Waals surface area contributed by atoms with Crippen molar-refractivity contribution in [2.24, 2.45) is 0 Å². The van der Waals surface area contributed by atoms with Crippen LogP contribution in [-0.2, 0) is 9.59 Å². The number of fused-ring (bicyclic) bond motifs is 1. The lowest BCUT2D eigenvalue weighted by Crippen LogP contribution is -2.48. The molecule has 1 heterocycles. The van der Waals surface area contributed by atoms with Gasteiger partial charge in [0.2, 0.25) is 5.91 Å². The van der Waals surface area contributed by atoms with Crippen LogP contribution in [0.15, 0.2) is 36.4 Å². The van der Waals surface area contributed by atoms with E-state index in [9.17, 15) is 22.8 Å². The maximum Gasteiger partial charge on any atom is 0.406 e.